The Morgan fingerprint density at radius 3 is 0.794 bits per heavy atom. The number of hydrogen-bond donors (Lipinski definition) is 3. The predicted molar refractivity (Wildman–Crippen MR) is 418 cm³/mol. The molecule has 0 fully saturated rings. The Morgan fingerprint density at radius 2 is 0.510 bits per heavy atom. The Balaban J connectivity index is 5.34. The zero-order valence-corrected chi connectivity index (χ0v) is 66.0. The Morgan fingerprint density at radius 1 is 0.284 bits per heavy atom. The molecule has 102 heavy (non-hydrogen) atoms. The summed E-state index contributed by atoms with van der Waals surface area (Å²) in [7, 11) is -9.96. The van der Waals surface area contributed by atoms with E-state index in [1.54, 1.807) is 0 Å². The molecule has 0 aliphatic carbocycles. The second kappa shape index (κ2) is 75.0. The fourth-order valence-electron chi connectivity index (χ4n) is 10.7. The minimum absolute atomic E-state index is 0.0794. The van der Waals surface area contributed by atoms with Gasteiger partial charge in [0.15, 0.2) is 12.2 Å². The number of carbonyl (C=O) groups excluding carboxylic acids is 4. The lowest BCUT2D eigenvalue weighted by molar-refractivity contribution is -0.161. The van der Waals surface area contributed by atoms with Gasteiger partial charge in [0, 0.05) is 25.7 Å². The van der Waals surface area contributed by atoms with Gasteiger partial charge in [0.05, 0.1) is 26.4 Å². The quantitative estimate of drug-likeness (QED) is 0.0169. The second-order valence-corrected chi connectivity index (χ2v) is 29.5. The third kappa shape index (κ3) is 74.0. The van der Waals surface area contributed by atoms with Gasteiger partial charge in [-0.3, -0.25) is 37.3 Å². The van der Waals surface area contributed by atoms with E-state index >= 15 is 0 Å². The van der Waals surface area contributed by atoms with Crippen molar-refractivity contribution in [2.75, 3.05) is 39.6 Å². The van der Waals surface area contributed by atoms with Crippen LogP contribution in [0.1, 0.15) is 336 Å². The molecule has 0 radical (unpaired) electrons. The number of allylic oxidation sites excluding steroid dienone is 18. The van der Waals surface area contributed by atoms with Crippen molar-refractivity contribution in [3.8, 4) is 0 Å². The number of aliphatic hydroxyl groups excluding tert-OH is 1. The normalized spacial score (nSPS) is 14.5. The highest BCUT2D eigenvalue weighted by Gasteiger charge is 2.30. The number of ether oxygens (including phenoxy) is 4. The summed E-state index contributed by atoms with van der Waals surface area (Å²) < 4.78 is 68.6. The zero-order valence-electron chi connectivity index (χ0n) is 64.3. The first-order chi connectivity index (χ1) is 49.7. The molecule has 19 heteroatoms. The van der Waals surface area contributed by atoms with Crippen molar-refractivity contribution in [1.29, 1.82) is 0 Å². The smallest absolute Gasteiger partial charge is 0.462 e. The first kappa shape index (κ1) is 97.7. The first-order valence-corrected chi connectivity index (χ1v) is 43.1. The van der Waals surface area contributed by atoms with Gasteiger partial charge in [-0.15, -0.1) is 0 Å². The van der Waals surface area contributed by atoms with E-state index in [9.17, 15) is 43.2 Å². The molecule has 0 saturated carbocycles. The topological polar surface area (TPSA) is 237 Å². The van der Waals surface area contributed by atoms with Crippen LogP contribution in [0.25, 0.3) is 0 Å². The van der Waals surface area contributed by atoms with Crippen LogP contribution in [0.15, 0.2) is 109 Å². The van der Waals surface area contributed by atoms with Crippen LogP contribution >= 0.6 is 15.6 Å². The van der Waals surface area contributed by atoms with Crippen LogP contribution < -0.4 is 0 Å². The minimum atomic E-state index is -4.98. The maximum absolute atomic E-state index is 13.1. The Kier molecular flexibility index (Phi) is 71.8. The minimum Gasteiger partial charge on any atom is -0.462 e. The molecule has 5 unspecified atom stereocenters. The van der Waals surface area contributed by atoms with Gasteiger partial charge in [0.25, 0.3) is 0 Å². The molecule has 0 aromatic rings. The van der Waals surface area contributed by atoms with Gasteiger partial charge in [-0.2, -0.15) is 0 Å². The van der Waals surface area contributed by atoms with E-state index in [-0.39, 0.29) is 25.7 Å². The summed E-state index contributed by atoms with van der Waals surface area (Å²) >= 11 is 0. The van der Waals surface area contributed by atoms with Gasteiger partial charge in [-0.1, -0.05) is 291 Å². The highest BCUT2D eigenvalue weighted by molar-refractivity contribution is 7.47. The largest absolute Gasteiger partial charge is 0.472 e. The average Bonchev–Trinajstić information content (AvgIpc) is 0.926. The van der Waals surface area contributed by atoms with Crippen molar-refractivity contribution < 1.29 is 80.2 Å². The van der Waals surface area contributed by atoms with E-state index < -0.39 is 97.5 Å². The summed E-state index contributed by atoms with van der Waals surface area (Å²) in [6.45, 7) is 4.62. The molecule has 588 valence electrons. The van der Waals surface area contributed by atoms with Gasteiger partial charge in [-0.25, -0.2) is 9.13 Å². The fraction of sp³-hybridized carbons (Fsp3) is 0.735. The Labute approximate surface area is 619 Å². The fourth-order valence-corrected chi connectivity index (χ4v) is 12.2. The molecule has 0 bridgehead atoms. The lowest BCUT2D eigenvalue weighted by Gasteiger charge is -2.21. The molecule has 0 spiro atoms. The van der Waals surface area contributed by atoms with Crippen LogP contribution in [0.3, 0.4) is 0 Å². The van der Waals surface area contributed by atoms with E-state index in [0.29, 0.717) is 25.7 Å². The molecule has 0 aliphatic heterocycles. The van der Waals surface area contributed by atoms with E-state index in [1.165, 1.54) is 77.0 Å². The van der Waals surface area contributed by atoms with Crippen molar-refractivity contribution >= 4 is 39.5 Å². The number of phosphoric ester groups is 2. The molecule has 0 aliphatic rings. The van der Waals surface area contributed by atoms with E-state index in [1.807, 2.05) is 0 Å². The van der Waals surface area contributed by atoms with Crippen LogP contribution in [0.4, 0.5) is 0 Å². The van der Waals surface area contributed by atoms with Gasteiger partial charge < -0.3 is 33.8 Å². The summed E-state index contributed by atoms with van der Waals surface area (Å²) in [5, 5.41) is 10.6. The number of esters is 4. The van der Waals surface area contributed by atoms with Crippen molar-refractivity contribution in [1.82, 2.24) is 0 Å². The molecule has 5 atom stereocenters. The van der Waals surface area contributed by atoms with Gasteiger partial charge >= 0.3 is 39.5 Å². The summed E-state index contributed by atoms with van der Waals surface area (Å²) in [4.78, 5) is 73.0. The number of unbranched alkanes of at least 4 members (excludes halogenated alkanes) is 31. The molecule has 0 saturated heterocycles. The SMILES string of the molecule is CC/C=C\C/C=C\C/C=C\C/C=C\CCCCCCCCC(=O)OCC(COP(=O)(O)OCC(O)COP(=O)(O)OCC(COC(=O)CCCCCC/C=C\C/C=C\C/C=C\C/C=C\CC)OC(=O)CCCCCCC/C=C\CCCCCCCC)OC(=O)CCCCCCCCCCCCC. The maximum Gasteiger partial charge on any atom is 0.472 e. The van der Waals surface area contributed by atoms with Crippen LogP contribution in [-0.4, -0.2) is 96.7 Å². The van der Waals surface area contributed by atoms with Crippen molar-refractivity contribution in [2.24, 2.45) is 0 Å². The van der Waals surface area contributed by atoms with Crippen molar-refractivity contribution in [2.45, 2.75) is 354 Å². The van der Waals surface area contributed by atoms with Crippen LogP contribution in [0.5, 0.6) is 0 Å². The molecule has 17 nitrogen and oxygen atoms in total. The number of phosphoric acid groups is 2. The van der Waals surface area contributed by atoms with Gasteiger partial charge in [-0.05, 0) is 128 Å². The highest BCUT2D eigenvalue weighted by atomic mass is 31.2. The summed E-state index contributed by atoms with van der Waals surface area (Å²) in [5.41, 5.74) is 0. The lowest BCUT2D eigenvalue weighted by Crippen LogP contribution is -2.30. The number of aliphatic hydroxyl groups is 1. The Bertz CT molecular complexity index is 2360. The third-order valence-corrected chi connectivity index (χ3v) is 18.6. The van der Waals surface area contributed by atoms with Gasteiger partial charge in [0.2, 0.25) is 0 Å². The predicted octanol–water partition coefficient (Wildman–Crippen LogP) is 23.3. The summed E-state index contributed by atoms with van der Waals surface area (Å²) in [6.07, 6.45) is 80.7. The van der Waals surface area contributed by atoms with Gasteiger partial charge in [0.1, 0.15) is 19.3 Å². The number of hydrogen-bond acceptors (Lipinski definition) is 15. The molecule has 0 amide bonds. The van der Waals surface area contributed by atoms with Crippen LogP contribution in [-0.2, 0) is 65.4 Å². The van der Waals surface area contributed by atoms with Crippen LogP contribution in [0, 0.1) is 0 Å². The molecular formula is C83H144O17P2. The molecule has 0 rings (SSSR count). The standard InChI is InChI=1S/C83H144O17P2/c1-5-9-13-17-21-25-29-32-35-37-38-40-43-45-49-52-56-60-64-68-80(85)93-73-78(99-82(87)69-65-61-57-53-47-28-24-20-16-12-8-4)75-97-101(89,90)95-71-77(84)72-96-102(91,92)98-76-79(100-83(88)70-66-62-58-54-50-46-41-34-31-27-23-19-15-11-7-3)74-94-81(86)67-63-59-55-51-48-44-42-39-36-33-30-26-22-18-14-10-6-2/h9-10,13-14,21-22,25-26,32-36,38,40-42,44,77-79,84H,5-8,11-12,15-20,23-24,27-31,37,39,43,45-76H2,1-4H3,(H,89,90)(H,91,92)/b13-9-,14-10-,25-21-,26-22-,35-32-,36-33-,40-38-,41-34-,44-42-. The third-order valence-electron chi connectivity index (χ3n) is 16.7. The average molecular weight is 1480 g/mol. The van der Waals surface area contributed by atoms with E-state index in [4.69, 9.17) is 37.0 Å². The molecule has 3 N–H and O–H groups in total. The lowest BCUT2D eigenvalue weighted by atomic mass is 10.1. The highest BCUT2D eigenvalue weighted by Crippen LogP contribution is 2.45. The first-order valence-electron chi connectivity index (χ1n) is 40.1. The van der Waals surface area contributed by atoms with Crippen molar-refractivity contribution in [3.05, 3.63) is 109 Å². The summed E-state index contributed by atoms with van der Waals surface area (Å²) in [5.74, 6) is -2.21. The van der Waals surface area contributed by atoms with E-state index in [0.717, 1.165) is 180 Å². The van der Waals surface area contributed by atoms with Crippen molar-refractivity contribution in [3.63, 3.8) is 0 Å². The molecule has 0 heterocycles. The van der Waals surface area contributed by atoms with Crippen LogP contribution in [0.2, 0.25) is 0 Å². The number of carbonyl (C=O) groups is 4. The molecular weight excluding hydrogens is 1330 g/mol. The second-order valence-electron chi connectivity index (χ2n) is 26.6. The maximum atomic E-state index is 13.1. The van der Waals surface area contributed by atoms with E-state index in [2.05, 4.69) is 137 Å². The summed E-state index contributed by atoms with van der Waals surface area (Å²) in [6, 6.07) is 0. The number of rotatable bonds is 75. The molecule has 0 aromatic carbocycles. The zero-order chi connectivity index (χ0) is 74.6. The monoisotopic (exact) mass is 1470 g/mol. The molecule has 0 aromatic heterocycles. The Hall–Kier alpha value is -4.28.